The predicted molar refractivity (Wildman–Crippen MR) is 87.6 cm³/mol. The normalized spacial score (nSPS) is 10.8. The van der Waals surface area contributed by atoms with E-state index in [1.165, 1.54) is 17.4 Å². The number of methoxy groups -OCH3 is 1. The Morgan fingerprint density at radius 3 is 2.90 bits per heavy atom. The number of aryl methyl sites for hydroxylation is 1. The number of ether oxygens (including phenoxy) is 1. The van der Waals surface area contributed by atoms with Crippen LogP contribution in [-0.4, -0.2) is 23.2 Å². The Morgan fingerprint density at radius 2 is 2.29 bits per heavy atom. The van der Waals surface area contributed by atoms with Crippen molar-refractivity contribution in [2.45, 2.75) is 13.3 Å². The number of aromatic nitrogens is 2. The monoisotopic (exact) mass is 367 g/mol. The van der Waals surface area contributed by atoms with E-state index in [4.69, 9.17) is 4.74 Å². The van der Waals surface area contributed by atoms with E-state index in [1.807, 2.05) is 25.1 Å². The summed E-state index contributed by atoms with van der Waals surface area (Å²) in [5.74, 6) is 0.512. The van der Waals surface area contributed by atoms with Gasteiger partial charge < -0.3 is 4.74 Å². The van der Waals surface area contributed by atoms with Gasteiger partial charge in [0.2, 0.25) is 11.0 Å². The standard InChI is InChI=1S/C14H14BrN3O2S/c1-3-13-17-18-14(21-13)16-12(19)7-5-9-4-6-11(20-2)10(15)8-9/h4-8H,3H2,1-2H3,(H,16,18,19)/b7-5+. The van der Waals surface area contributed by atoms with E-state index in [2.05, 4.69) is 31.4 Å². The van der Waals surface area contributed by atoms with Crippen LogP contribution in [0.2, 0.25) is 0 Å². The molecule has 1 aromatic carbocycles. The van der Waals surface area contributed by atoms with Crippen molar-refractivity contribution in [1.29, 1.82) is 0 Å². The van der Waals surface area contributed by atoms with E-state index in [1.54, 1.807) is 13.2 Å². The summed E-state index contributed by atoms with van der Waals surface area (Å²) < 4.78 is 5.99. The average Bonchev–Trinajstić information content (AvgIpc) is 2.93. The molecule has 7 heteroatoms. The van der Waals surface area contributed by atoms with Crippen LogP contribution in [0.25, 0.3) is 6.08 Å². The maximum absolute atomic E-state index is 11.8. The van der Waals surface area contributed by atoms with Crippen molar-refractivity contribution in [2.75, 3.05) is 12.4 Å². The van der Waals surface area contributed by atoms with Crippen LogP contribution in [0.5, 0.6) is 5.75 Å². The Morgan fingerprint density at radius 1 is 1.48 bits per heavy atom. The largest absolute Gasteiger partial charge is 0.496 e. The van der Waals surface area contributed by atoms with Gasteiger partial charge in [-0.15, -0.1) is 10.2 Å². The third-order valence-corrected chi connectivity index (χ3v) is 4.21. The van der Waals surface area contributed by atoms with Gasteiger partial charge in [-0.2, -0.15) is 0 Å². The van der Waals surface area contributed by atoms with E-state index in [9.17, 15) is 4.79 Å². The number of hydrogen-bond donors (Lipinski definition) is 1. The predicted octanol–water partition coefficient (Wildman–Crippen LogP) is 3.52. The maximum Gasteiger partial charge on any atom is 0.250 e. The molecule has 110 valence electrons. The number of anilines is 1. The molecule has 2 rings (SSSR count). The average molecular weight is 368 g/mol. The highest BCUT2D eigenvalue weighted by atomic mass is 79.9. The van der Waals surface area contributed by atoms with E-state index in [0.29, 0.717) is 5.13 Å². The Balaban J connectivity index is 2.00. The number of amides is 1. The van der Waals surface area contributed by atoms with Crippen molar-refractivity contribution in [3.8, 4) is 5.75 Å². The second-order valence-electron chi connectivity index (χ2n) is 4.07. The second-order valence-corrected chi connectivity index (χ2v) is 5.99. The summed E-state index contributed by atoms with van der Waals surface area (Å²) in [5, 5.41) is 11.9. The fraction of sp³-hybridized carbons (Fsp3) is 0.214. The van der Waals surface area contributed by atoms with Gasteiger partial charge >= 0.3 is 0 Å². The Bertz CT molecular complexity index is 670. The quantitative estimate of drug-likeness (QED) is 0.821. The summed E-state index contributed by atoms with van der Waals surface area (Å²) in [6.07, 6.45) is 3.99. The van der Waals surface area contributed by atoms with Crippen LogP contribution in [-0.2, 0) is 11.2 Å². The van der Waals surface area contributed by atoms with Crippen molar-refractivity contribution >= 4 is 44.4 Å². The molecule has 1 heterocycles. The second kappa shape index (κ2) is 7.33. The number of carbonyl (C=O) groups is 1. The van der Waals surface area contributed by atoms with Gasteiger partial charge in [0.05, 0.1) is 11.6 Å². The molecule has 0 saturated carbocycles. The number of carbonyl (C=O) groups excluding carboxylic acids is 1. The van der Waals surface area contributed by atoms with Gasteiger partial charge in [-0.1, -0.05) is 24.3 Å². The molecule has 0 fully saturated rings. The van der Waals surface area contributed by atoms with Crippen LogP contribution in [0.15, 0.2) is 28.7 Å². The first-order chi connectivity index (χ1) is 10.1. The van der Waals surface area contributed by atoms with Gasteiger partial charge in [0.1, 0.15) is 10.8 Å². The fourth-order valence-electron chi connectivity index (χ4n) is 1.55. The zero-order valence-corrected chi connectivity index (χ0v) is 14.0. The topological polar surface area (TPSA) is 64.1 Å². The molecule has 0 saturated heterocycles. The van der Waals surface area contributed by atoms with Crippen molar-refractivity contribution in [3.05, 3.63) is 39.3 Å². The minimum atomic E-state index is -0.235. The summed E-state index contributed by atoms with van der Waals surface area (Å²) in [6.45, 7) is 1.99. The zero-order chi connectivity index (χ0) is 15.2. The minimum Gasteiger partial charge on any atom is -0.496 e. The highest BCUT2D eigenvalue weighted by Gasteiger charge is 2.05. The van der Waals surface area contributed by atoms with E-state index < -0.39 is 0 Å². The van der Waals surface area contributed by atoms with Crippen molar-refractivity contribution in [3.63, 3.8) is 0 Å². The van der Waals surface area contributed by atoms with Crippen LogP contribution >= 0.6 is 27.3 Å². The number of nitrogens with zero attached hydrogens (tertiary/aromatic N) is 2. The summed E-state index contributed by atoms with van der Waals surface area (Å²) in [4.78, 5) is 11.8. The number of rotatable bonds is 5. The first kappa shape index (κ1) is 15.7. The van der Waals surface area contributed by atoms with Crippen molar-refractivity contribution in [1.82, 2.24) is 10.2 Å². The molecule has 0 aliphatic carbocycles. The van der Waals surface area contributed by atoms with Crippen LogP contribution < -0.4 is 10.1 Å². The van der Waals surface area contributed by atoms with Crippen molar-refractivity contribution < 1.29 is 9.53 Å². The van der Waals surface area contributed by atoms with Gasteiger partial charge in [-0.3, -0.25) is 10.1 Å². The molecule has 5 nitrogen and oxygen atoms in total. The lowest BCUT2D eigenvalue weighted by Crippen LogP contribution is -2.07. The molecule has 0 aliphatic rings. The molecule has 2 aromatic rings. The SMILES string of the molecule is CCc1nnc(NC(=O)/C=C/c2ccc(OC)c(Br)c2)s1. The summed E-state index contributed by atoms with van der Waals surface area (Å²) in [6, 6.07) is 5.58. The van der Waals surface area contributed by atoms with Crippen LogP contribution in [0.4, 0.5) is 5.13 Å². The van der Waals surface area contributed by atoms with Gasteiger partial charge in [0.15, 0.2) is 0 Å². The molecule has 1 aromatic heterocycles. The molecule has 1 N–H and O–H groups in total. The number of benzene rings is 1. The molecular formula is C14H14BrN3O2S. The minimum absolute atomic E-state index is 0.235. The Kier molecular flexibility index (Phi) is 5.46. The molecule has 0 unspecified atom stereocenters. The molecule has 1 amide bonds. The molecular weight excluding hydrogens is 354 g/mol. The highest BCUT2D eigenvalue weighted by Crippen LogP contribution is 2.26. The van der Waals surface area contributed by atoms with E-state index in [0.717, 1.165) is 27.2 Å². The Labute approximate surface area is 135 Å². The summed E-state index contributed by atoms with van der Waals surface area (Å²) in [7, 11) is 1.61. The van der Waals surface area contributed by atoms with Crippen LogP contribution in [0.3, 0.4) is 0 Å². The van der Waals surface area contributed by atoms with Crippen molar-refractivity contribution in [2.24, 2.45) is 0 Å². The summed E-state index contributed by atoms with van der Waals surface area (Å²) >= 11 is 4.78. The van der Waals surface area contributed by atoms with Gasteiger partial charge in [0.25, 0.3) is 0 Å². The highest BCUT2D eigenvalue weighted by molar-refractivity contribution is 9.10. The van der Waals surface area contributed by atoms with Gasteiger partial charge in [-0.25, -0.2) is 0 Å². The Hall–Kier alpha value is -1.73. The summed E-state index contributed by atoms with van der Waals surface area (Å²) in [5.41, 5.74) is 0.893. The lowest BCUT2D eigenvalue weighted by molar-refractivity contribution is -0.111. The third-order valence-electron chi connectivity index (χ3n) is 2.60. The lowest BCUT2D eigenvalue weighted by atomic mass is 10.2. The smallest absolute Gasteiger partial charge is 0.250 e. The number of hydrogen-bond acceptors (Lipinski definition) is 5. The van der Waals surface area contributed by atoms with Gasteiger partial charge in [-0.05, 0) is 46.1 Å². The number of nitrogens with one attached hydrogen (secondary N) is 1. The molecule has 21 heavy (non-hydrogen) atoms. The third kappa shape index (κ3) is 4.37. The molecule has 0 bridgehead atoms. The fourth-order valence-corrected chi connectivity index (χ4v) is 2.79. The molecule has 0 spiro atoms. The van der Waals surface area contributed by atoms with Crippen LogP contribution in [0.1, 0.15) is 17.5 Å². The number of halogens is 1. The molecule has 0 atom stereocenters. The molecule has 0 radical (unpaired) electrons. The first-order valence-electron chi connectivity index (χ1n) is 6.27. The van der Waals surface area contributed by atoms with Crippen LogP contribution in [0, 0.1) is 0 Å². The zero-order valence-electron chi connectivity index (χ0n) is 11.6. The lowest BCUT2D eigenvalue weighted by Gasteiger charge is -2.03. The first-order valence-corrected chi connectivity index (χ1v) is 7.88. The van der Waals surface area contributed by atoms with E-state index in [-0.39, 0.29) is 5.91 Å². The molecule has 0 aliphatic heterocycles. The van der Waals surface area contributed by atoms with Gasteiger partial charge in [0, 0.05) is 6.08 Å². The maximum atomic E-state index is 11.8. The van der Waals surface area contributed by atoms with E-state index >= 15 is 0 Å².